The van der Waals surface area contributed by atoms with Crippen LogP contribution in [0.4, 0.5) is 0 Å². The van der Waals surface area contributed by atoms with Crippen molar-refractivity contribution in [3.05, 3.63) is 28.8 Å². The second-order valence-electron chi connectivity index (χ2n) is 5.38. The molecule has 2 heteroatoms. The normalized spacial score (nSPS) is 11.6. The van der Waals surface area contributed by atoms with Crippen LogP contribution < -0.4 is 10.5 Å². The molecule has 0 amide bonds. The Labute approximate surface area is 98.8 Å². The van der Waals surface area contributed by atoms with E-state index < -0.39 is 0 Å². The summed E-state index contributed by atoms with van der Waals surface area (Å²) in [6, 6.07) is 4.30. The van der Waals surface area contributed by atoms with Crippen molar-refractivity contribution in [2.45, 2.75) is 34.6 Å². The fraction of sp³-hybridized carbons (Fsp3) is 0.571. The van der Waals surface area contributed by atoms with Crippen LogP contribution in [0.5, 0.6) is 5.75 Å². The predicted octanol–water partition coefficient (Wildman–Crippen LogP) is 2.98. The van der Waals surface area contributed by atoms with Crippen LogP contribution in [-0.2, 0) is 0 Å². The molecule has 0 aliphatic heterocycles. The monoisotopic (exact) mass is 221 g/mol. The summed E-state index contributed by atoms with van der Waals surface area (Å²) in [6.07, 6.45) is 0. The van der Waals surface area contributed by atoms with E-state index in [0.29, 0.717) is 13.2 Å². The minimum absolute atomic E-state index is 0.0315. The van der Waals surface area contributed by atoms with Crippen molar-refractivity contribution >= 4 is 0 Å². The summed E-state index contributed by atoms with van der Waals surface area (Å²) in [6.45, 7) is 11.8. The zero-order valence-electron chi connectivity index (χ0n) is 11.1. The molecule has 0 aliphatic carbocycles. The molecule has 0 radical (unpaired) electrons. The van der Waals surface area contributed by atoms with Crippen molar-refractivity contribution in [1.29, 1.82) is 0 Å². The molecule has 0 bridgehead atoms. The van der Waals surface area contributed by atoms with Crippen LogP contribution in [0.2, 0.25) is 0 Å². The number of hydrogen-bond donors (Lipinski definition) is 1. The summed E-state index contributed by atoms with van der Waals surface area (Å²) in [5.74, 6) is 1.01. The van der Waals surface area contributed by atoms with Gasteiger partial charge in [-0.3, -0.25) is 0 Å². The maximum atomic E-state index is 5.90. The SMILES string of the molecule is Cc1cc(C)c(OCC(C)(C)CN)c(C)c1. The third-order valence-corrected chi connectivity index (χ3v) is 2.76. The molecule has 0 aliphatic rings. The smallest absolute Gasteiger partial charge is 0.125 e. The van der Waals surface area contributed by atoms with Crippen molar-refractivity contribution in [3.8, 4) is 5.75 Å². The fourth-order valence-electron chi connectivity index (χ4n) is 1.72. The van der Waals surface area contributed by atoms with Crippen LogP contribution in [-0.4, -0.2) is 13.2 Å². The van der Waals surface area contributed by atoms with Crippen LogP contribution in [0, 0.1) is 26.2 Å². The molecule has 0 saturated heterocycles. The molecule has 2 N–H and O–H groups in total. The second-order valence-corrected chi connectivity index (χ2v) is 5.38. The zero-order chi connectivity index (χ0) is 12.3. The molecule has 90 valence electrons. The highest BCUT2D eigenvalue weighted by molar-refractivity contribution is 5.42. The van der Waals surface area contributed by atoms with Crippen molar-refractivity contribution in [2.75, 3.05) is 13.2 Å². The third kappa shape index (κ3) is 3.24. The molecule has 1 rings (SSSR count). The Morgan fingerprint density at radius 1 is 1.12 bits per heavy atom. The van der Waals surface area contributed by atoms with E-state index >= 15 is 0 Å². The average Bonchev–Trinajstić information content (AvgIpc) is 2.16. The van der Waals surface area contributed by atoms with E-state index in [0.717, 1.165) is 5.75 Å². The van der Waals surface area contributed by atoms with Crippen LogP contribution in [0.1, 0.15) is 30.5 Å². The molecule has 0 unspecified atom stereocenters. The van der Waals surface area contributed by atoms with Crippen LogP contribution in [0.15, 0.2) is 12.1 Å². The van der Waals surface area contributed by atoms with E-state index in [9.17, 15) is 0 Å². The zero-order valence-corrected chi connectivity index (χ0v) is 11.1. The van der Waals surface area contributed by atoms with Gasteiger partial charge in [-0.05, 0) is 31.9 Å². The molecule has 0 atom stereocenters. The van der Waals surface area contributed by atoms with Gasteiger partial charge in [0.25, 0.3) is 0 Å². The highest BCUT2D eigenvalue weighted by Crippen LogP contribution is 2.26. The molecular weight excluding hydrogens is 198 g/mol. The molecular formula is C14H23NO. The van der Waals surface area contributed by atoms with E-state index in [1.807, 2.05) is 0 Å². The molecule has 0 fully saturated rings. The lowest BCUT2D eigenvalue weighted by Crippen LogP contribution is -2.30. The van der Waals surface area contributed by atoms with Gasteiger partial charge in [0, 0.05) is 12.0 Å². The quantitative estimate of drug-likeness (QED) is 0.848. The molecule has 0 aromatic heterocycles. The Kier molecular flexibility index (Phi) is 3.98. The Morgan fingerprint density at radius 3 is 2.06 bits per heavy atom. The van der Waals surface area contributed by atoms with Gasteiger partial charge in [-0.1, -0.05) is 31.5 Å². The standard InChI is InChI=1S/C14H23NO/c1-10-6-11(2)13(12(3)7-10)16-9-14(4,5)8-15/h6-7H,8-9,15H2,1-5H3. The maximum Gasteiger partial charge on any atom is 0.125 e. The molecule has 0 saturated carbocycles. The molecule has 16 heavy (non-hydrogen) atoms. The van der Waals surface area contributed by atoms with Crippen molar-refractivity contribution in [2.24, 2.45) is 11.1 Å². The number of aryl methyl sites for hydroxylation is 3. The topological polar surface area (TPSA) is 35.2 Å². The summed E-state index contributed by atoms with van der Waals surface area (Å²) in [5.41, 5.74) is 9.40. The predicted molar refractivity (Wildman–Crippen MR) is 69.0 cm³/mol. The lowest BCUT2D eigenvalue weighted by molar-refractivity contribution is 0.185. The number of benzene rings is 1. The first-order valence-corrected chi connectivity index (χ1v) is 5.76. The van der Waals surface area contributed by atoms with Crippen LogP contribution in [0.3, 0.4) is 0 Å². The Bertz CT molecular complexity index is 346. The highest BCUT2D eigenvalue weighted by atomic mass is 16.5. The van der Waals surface area contributed by atoms with Gasteiger partial charge in [0.2, 0.25) is 0 Å². The van der Waals surface area contributed by atoms with E-state index in [-0.39, 0.29) is 5.41 Å². The van der Waals surface area contributed by atoms with Gasteiger partial charge in [0.15, 0.2) is 0 Å². The summed E-state index contributed by atoms with van der Waals surface area (Å²) in [7, 11) is 0. The number of hydrogen-bond acceptors (Lipinski definition) is 2. The lowest BCUT2D eigenvalue weighted by atomic mass is 9.95. The minimum Gasteiger partial charge on any atom is -0.492 e. The number of ether oxygens (including phenoxy) is 1. The molecule has 1 aromatic carbocycles. The highest BCUT2D eigenvalue weighted by Gasteiger charge is 2.17. The lowest BCUT2D eigenvalue weighted by Gasteiger charge is -2.24. The van der Waals surface area contributed by atoms with Crippen LogP contribution >= 0.6 is 0 Å². The first-order chi connectivity index (χ1) is 7.35. The Hall–Kier alpha value is -1.02. The molecule has 1 aromatic rings. The van der Waals surface area contributed by atoms with Gasteiger partial charge in [0.05, 0.1) is 6.61 Å². The minimum atomic E-state index is 0.0315. The summed E-state index contributed by atoms with van der Waals surface area (Å²) < 4.78 is 5.90. The van der Waals surface area contributed by atoms with Gasteiger partial charge >= 0.3 is 0 Å². The third-order valence-electron chi connectivity index (χ3n) is 2.76. The van der Waals surface area contributed by atoms with Gasteiger partial charge in [0.1, 0.15) is 5.75 Å². The number of nitrogens with two attached hydrogens (primary N) is 1. The van der Waals surface area contributed by atoms with Crippen molar-refractivity contribution in [3.63, 3.8) is 0 Å². The van der Waals surface area contributed by atoms with E-state index in [1.54, 1.807) is 0 Å². The molecule has 2 nitrogen and oxygen atoms in total. The number of rotatable bonds is 4. The van der Waals surface area contributed by atoms with Crippen LogP contribution in [0.25, 0.3) is 0 Å². The Morgan fingerprint density at radius 2 is 1.62 bits per heavy atom. The second kappa shape index (κ2) is 4.88. The van der Waals surface area contributed by atoms with Gasteiger partial charge < -0.3 is 10.5 Å². The van der Waals surface area contributed by atoms with Crippen molar-refractivity contribution < 1.29 is 4.74 Å². The summed E-state index contributed by atoms with van der Waals surface area (Å²) >= 11 is 0. The first kappa shape index (κ1) is 13.0. The molecule has 0 spiro atoms. The van der Waals surface area contributed by atoms with Gasteiger partial charge in [-0.25, -0.2) is 0 Å². The summed E-state index contributed by atoms with van der Waals surface area (Å²) in [4.78, 5) is 0. The first-order valence-electron chi connectivity index (χ1n) is 5.76. The fourth-order valence-corrected chi connectivity index (χ4v) is 1.72. The van der Waals surface area contributed by atoms with Gasteiger partial charge in [-0.2, -0.15) is 0 Å². The summed E-state index contributed by atoms with van der Waals surface area (Å²) in [5, 5.41) is 0. The van der Waals surface area contributed by atoms with E-state index in [1.165, 1.54) is 16.7 Å². The van der Waals surface area contributed by atoms with Gasteiger partial charge in [-0.15, -0.1) is 0 Å². The largest absolute Gasteiger partial charge is 0.492 e. The van der Waals surface area contributed by atoms with E-state index in [2.05, 4.69) is 46.8 Å². The maximum absolute atomic E-state index is 5.90. The average molecular weight is 221 g/mol. The van der Waals surface area contributed by atoms with Crippen molar-refractivity contribution in [1.82, 2.24) is 0 Å². The molecule has 0 heterocycles. The Balaban J connectivity index is 2.82. The van der Waals surface area contributed by atoms with E-state index in [4.69, 9.17) is 10.5 Å².